The highest BCUT2D eigenvalue weighted by Crippen LogP contribution is 2.22. The van der Waals surface area contributed by atoms with Crippen molar-refractivity contribution in [2.24, 2.45) is 0 Å². The second-order valence-corrected chi connectivity index (χ2v) is 7.62. The van der Waals surface area contributed by atoms with Gasteiger partial charge in [0.25, 0.3) is 0 Å². The molecule has 1 aromatic heterocycles. The molecule has 0 spiro atoms. The van der Waals surface area contributed by atoms with Crippen LogP contribution in [-0.2, 0) is 10.0 Å². The van der Waals surface area contributed by atoms with Gasteiger partial charge in [-0.3, -0.25) is 0 Å². The van der Waals surface area contributed by atoms with Gasteiger partial charge < -0.3 is 10.6 Å². The lowest BCUT2D eigenvalue weighted by Crippen LogP contribution is -2.18. The molecule has 0 fully saturated rings. The van der Waals surface area contributed by atoms with Crippen molar-refractivity contribution in [1.82, 2.24) is 14.7 Å². The molecule has 0 aliphatic heterocycles. The molecule has 7 nitrogen and oxygen atoms in total. The Labute approximate surface area is 168 Å². The lowest BCUT2D eigenvalue weighted by molar-refractivity contribution is 0.588. The maximum atomic E-state index is 13.4. The summed E-state index contributed by atoms with van der Waals surface area (Å²) in [7, 11) is -2.18. The summed E-state index contributed by atoms with van der Waals surface area (Å²) in [5.74, 6) is 0.713. The molecule has 0 unspecified atom stereocenters. The van der Waals surface area contributed by atoms with Crippen LogP contribution in [0.5, 0.6) is 0 Å². The number of hydrogen-bond donors (Lipinski definition) is 3. The third kappa shape index (κ3) is 5.16. The number of hydrogen-bond acceptors (Lipinski definition) is 6. The Hall–Kier alpha value is -2.75. The van der Waals surface area contributed by atoms with Crippen LogP contribution < -0.4 is 15.4 Å². The predicted molar refractivity (Wildman–Crippen MR) is 110 cm³/mol. The van der Waals surface area contributed by atoms with Gasteiger partial charge >= 0.3 is 0 Å². The summed E-state index contributed by atoms with van der Waals surface area (Å²) in [5.41, 5.74) is 1.78. The van der Waals surface area contributed by atoms with E-state index in [0.717, 1.165) is 0 Å². The smallest absolute Gasteiger partial charge is 0.240 e. The molecule has 0 radical (unpaired) electrons. The van der Waals surface area contributed by atoms with E-state index in [-0.39, 0.29) is 23.1 Å². The molecular formula is C18H19ClFN5O2S. The van der Waals surface area contributed by atoms with Crippen LogP contribution in [0.4, 0.5) is 27.4 Å². The summed E-state index contributed by atoms with van der Waals surface area (Å²) in [6.07, 6.45) is 1.37. The minimum absolute atomic E-state index is 0. The molecule has 3 rings (SSSR count). The molecule has 3 N–H and O–H groups in total. The number of nitrogens with zero attached hydrogens (tertiary/aromatic N) is 2. The summed E-state index contributed by atoms with van der Waals surface area (Å²) in [6.45, 7) is 1.68. The molecule has 10 heteroatoms. The van der Waals surface area contributed by atoms with E-state index in [1.165, 1.54) is 31.6 Å². The van der Waals surface area contributed by atoms with Crippen LogP contribution in [0.15, 0.2) is 59.8 Å². The first-order chi connectivity index (χ1) is 12.9. The topological polar surface area (TPSA) is 96.0 Å². The number of benzene rings is 2. The van der Waals surface area contributed by atoms with Crippen molar-refractivity contribution in [1.29, 1.82) is 0 Å². The summed E-state index contributed by atoms with van der Waals surface area (Å²) in [4.78, 5) is 8.41. The average molecular weight is 424 g/mol. The summed E-state index contributed by atoms with van der Waals surface area (Å²) in [6, 6.07) is 12.7. The largest absolute Gasteiger partial charge is 0.340 e. The fraction of sp³-hybridized carbons (Fsp3) is 0.111. The lowest BCUT2D eigenvalue weighted by Gasteiger charge is -2.10. The van der Waals surface area contributed by atoms with Crippen LogP contribution in [0.1, 0.15) is 5.56 Å². The normalized spacial score (nSPS) is 10.8. The number of nitrogens with one attached hydrogen (secondary N) is 3. The molecule has 0 saturated heterocycles. The highest BCUT2D eigenvalue weighted by atomic mass is 35.5. The zero-order valence-electron chi connectivity index (χ0n) is 15.1. The molecule has 0 aliphatic rings. The number of anilines is 4. The molecular weight excluding hydrogens is 405 g/mol. The first-order valence-corrected chi connectivity index (χ1v) is 9.51. The Kier molecular flexibility index (Phi) is 6.90. The molecule has 0 aliphatic carbocycles. The monoisotopic (exact) mass is 423 g/mol. The second-order valence-electron chi connectivity index (χ2n) is 5.74. The quantitative estimate of drug-likeness (QED) is 0.559. The van der Waals surface area contributed by atoms with Crippen molar-refractivity contribution in [2.45, 2.75) is 11.8 Å². The van der Waals surface area contributed by atoms with E-state index < -0.39 is 10.0 Å². The van der Waals surface area contributed by atoms with Gasteiger partial charge in [0.2, 0.25) is 10.0 Å². The zero-order chi connectivity index (χ0) is 19.4. The molecule has 0 atom stereocenters. The maximum absolute atomic E-state index is 13.4. The van der Waals surface area contributed by atoms with Gasteiger partial charge in [-0.1, -0.05) is 6.07 Å². The van der Waals surface area contributed by atoms with Crippen molar-refractivity contribution in [3.05, 3.63) is 66.2 Å². The van der Waals surface area contributed by atoms with Crippen molar-refractivity contribution in [3.8, 4) is 0 Å². The van der Waals surface area contributed by atoms with E-state index in [1.54, 1.807) is 37.3 Å². The van der Waals surface area contributed by atoms with E-state index >= 15 is 0 Å². The average Bonchev–Trinajstić information content (AvgIpc) is 2.65. The minimum atomic E-state index is -3.54. The highest BCUT2D eigenvalue weighted by molar-refractivity contribution is 7.89. The van der Waals surface area contributed by atoms with Crippen molar-refractivity contribution < 1.29 is 12.8 Å². The maximum Gasteiger partial charge on any atom is 0.240 e. The highest BCUT2D eigenvalue weighted by Gasteiger charge is 2.11. The molecule has 1 heterocycles. The van der Waals surface area contributed by atoms with Crippen LogP contribution in [0.2, 0.25) is 0 Å². The summed E-state index contributed by atoms with van der Waals surface area (Å²) < 4.78 is 39.5. The van der Waals surface area contributed by atoms with Gasteiger partial charge in [0.05, 0.1) is 4.90 Å². The fourth-order valence-corrected chi connectivity index (χ4v) is 3.15. The van der Waals surface area contributed by atoms with Crippen LogP contribution in [0.3, 0.4) is 0 Å². The first kappa shape index (κ1) is 21.5. The predicted octanol–water partition coefficient (Wildman–Crippen LogP) is 3.74. The van der Waals surface area contributed by atoms with Crippen molar-refractivity contribution in [2.75, 3.05) is 17.7 Å². The molecule has 0 bridgehead atoms. The Morgan fingerprint density at radius 1 is 0.929 bits per heavy atom. The number of aromatic nitrogens is 2. The zero-order valence-corrected chi connectivity index (χ0v) is 16.7. The summed E-state index contributed by atoms with van der Waals surface area (Å²) in [5, 5.41) is 6.12. The molecule has 2 aromatic carbocycles. The van der Waals surface area contributed by atoms with Gasteiger partial charge in [0, 0.05) is 17.4 Å². The van der Waals surface area contributed by atoms with E-state index in [0.29, 0.717) is 28.6 Å². The molecule has 28 heavy (non-hydrogen) atoms. The third-order valence-electron chi connectivity index (χ3n) is 3.78. The Bertz CT molecular complexity index is 1080. The molecule has 3 aromatic rings. The van der Waals surface area contributed by atoms with Gasteiger partial charge in [-0.05, 0) is 55.9 Å². The molecule has 0 saturated carbocycles. The van der Waals surface area contributed by atoms with E-state index in [9.17, 15) is 12.8 Å². The fourth-order valence-electron chi connectivity index (χ4n) is 2.37. The summed E-state index contributed by atoms with van der Waals surface area (Å²) >= 11 is 0. The van der Waals surface area contributed by atoms with Gasteiger partial charge in [-0.15, -0.1) is 12.4 Å². The number of aryl methyl sites for hydroxylation is 1. The standard InChI is InChI=1S/C18H18FN5O2S.ClH/c1-12-8-14(6-7-16(12)19)24-18-10-17(21-11-22-18)23-13-4-3-5-15(9-13)27(25,26)20-2;/h3-11,20H,1-2H3,(H2,21,22,23,24);1H. The SMILES string of the molecule is CNS(=O)(=O)c1cccc(Nc2cc(Nc3ccc(F)c(C)c3)ncn2)c1.Cl. The van der Waals surface area contributed by atoms with Gasteiger partial charge in [-0.2, -0.15) is 0 Å². The van der Waals surface area contributed by atoms with E-state index in [4.69, 9.17) is 0 Å². The first-order valence-electron chi connectivity index (χ1n) is 8.03. The Balaban J connectivity index is 0.00000280. The van der Waals surface area contributed by atoms with Gasteiger partial charge in [-0.25, -0.2) is 27.5 Å². The van der Waals surface area contributed by atoms with E-state index in [1.807, 2.05) is 0 Å². The van der Waals surface area contributed by atoms with Gasteiger partial charge in [0.1, 0.15) is 23.8 Å². The van der Waals surface area contributed by atoms with Crippen LogP contribution in [-0.4, -0.2) is 25.4 Å². The van der Waals surface area contributed by atoms with Crippen LogP contribution in [0.25, 0.3) is 0 Å². The number of halogens is 2. The molecule has 148 valence electrons. The number of rotatable bonds is 6. The molecule has 0 amide bonds. The van der Waals surface area contributed by atoms with Crippen molar-refractivity contribution in [3.63, 3.8) is 0 Å². The van der Waals surface area contributed by atoms with E-state index in [2.05, 4.69) is 25.3 Å². The minimum Gasteiger partial charge on any atom is -0.340 e. The van der Waals surface area contributed by atoms with Gasteiger partial charge in [0.15, 0.2) is 0 Å². The third-order valence-corrected chi connectivity index (χ3v) is 5.19. The number of sulfonamides is 1. The Morgan fingerprint density at radius 2 is 1.57 bits per heavy atom. The van der Waals surface area contributed by atoms with Crippen LogP contribution >= 0.6 is 12.4 Å². The van der Waals surface area contributed by atoms with Crippen LogP contribution in [0, 0.1) is 12.7 Å². The second kappa shape index (κ2) is 8.96. The Morgan fingerprint density at radius 3 is 2.18 bits per heavy atom. The lowest BCUT2D eigenvalue weighted by atomic mass is 10.2. The van der Waals surface area contributed by atoms with Crippen molar-refractivity contribution >= 4 is 45.4 Å².